The van der Waals surface area contributed by atoms with Crippen molar-refractivity contribution in [1.29, 1.82) is 0 Å². The summed E-state index contributed by atoms with van der Waals surface area (Å²) in [6.45, 7) is -3.49. The van der Waals surface area contributed by atoms with Crippen molar-refractivity contribution in [2.45, 2.75) is 12.1 Å². The SMILES string of the molecule is N[C@H]1CN(OP(O)(=S)ON2C[C@H](N)C2=O)C1=O. The Morgan fingerprint density at radius 2 is 1.53 bits per heavy atom. The predicted octanol–water partition coefficient (Wildman–Crippen LogP) is -2.59. The predicted molar refractivity (Wildman–Crippen MR) is 58.1 cm³/mol. The van der Waals surface area contributed by atoms with E-state index in [1.54, 1.807) is 0 Å². The summed E-state index contributed by atoms with van der Waals surface area (Å²) in [5.41, 5.74) is 10.6. The lowest BCUT2D eigenvalue weighted by Crippen LogP contribution is -2.61. The third-order valence-corrected chi connectivity index (χ3v) is 3.46. The standard InChI is InChI=1S/C6H11N4O5PS/c7-3-1-9(5(3)11)14-16(13,17)15-10-2-4(8)6(10)12/h3-4H,1-2,7-8H2,(H,13,17)/t3-,4-/m0/s1. The molecule has 0 aromatic carbocycles. The number of nitrogens with zero attached hydrogens (tertiary/aromatic N) is 2. The monoisotopic (exact) mass is 282 g/mol. The Balaban J connectivity index is 1.85. The van der Waals surface area contributed by atoms with Gasteiger partial charge in [-0.3, -0.25) is 9.59 Å². The van der Waals surface area contributed by atoms with E-state index in [9.17, 15) is 14.5 Å². The van der Waals surface area contributed by atoms with Crippen LogP contribution in [0.15, 0.2) is 0 Å². The highest BCUT2D eigenvalue weighted by Gasteiger charge is 2.42. The van der Waals surface area contributed by atoms with Gasteiger partial charge in [-0.15, -0.1) is 0 Å². The van der Waals surface area contributed by atoms with Gasteiger partial charge in [0.1, 0.15) is 12.1 Å². The minimum atomic E-state index is -3.73. The first-order valence-corrected chi connectivity index (χ1v) is 7.25. The van der Waals surface area contributed by atoms with Gasteiger partial charge >= 0.3 is 6.72 Å². The molecule has 2 heterocycles. The maximum absolute atomic E-state index is 11.1. The molecular weight excluding hydrogens is 271 g/mol. The van der Waals surface area contributed by atoms with Crippen LogP contribution in [-0.2, 0) is 30.6 Å². The van der Waals surface area contributed by atoms with E-state index in [1.807, 2.05) is 0 Å². The summed E-state index contributed by atoms with van der Waals surface area (Å²) in [6, 6.07) is -1.30. The number of rotatable bonds is 4. The molecule has 0 radical (unpaired) electrons. The second-order valence-electron chi connectivity index (χ2n) is 3.64. The van der Waals surface area contributed by atoms with Gasteiger partial charge in [0.25, 0.3) is 11.8 Å². The van der Waals surface area contributed by atoms with Crippen LogP contribution in [0.3, 0.4) is 0 Å². The highest BCUT2D eigenvalue weighted by Crippen LogP contribution is 2.47. The van der Waals surface area contributed by atoms with E-state index >= 15 is 0 Å². The van der Waals surface area contributed by atoms with Crippen LogP contribution in [0.1, 0.15) is 0 Å². The van der Waals surface area contributed by atoms with Crippen LogP contribution < -0.4 is 11.5 Å². The van der Waals surface area contributed by atoms with Gasteiger partial charge in [-0.05, 0) is 11.8 Å². The van der Waals surface area contributed by atoms with Gasteiger partial charge in [0.2, 0.25) is 0 Å². The molecule has 2 aliphatic heterocycles. The van der Waals surface area contributed by atoms with Crippen LogP contribution in [0.5, 0.6) is 0 Å². The van der Waals surface area contributed by atoms with Crippen molar-refractivity contribution in [2.75, 3.05) is 13.1 Å². The van der Waals surface area contributed by atoms with Crippen LogP contribution in [0.25, 0.3) is 0 Å². The fraction of sp³-hybridized carbons (Fsp3) is 0.667. The average molecular weight is 282 g/mol. The Morgan fingerprint density at radius 1 is 1.18 bits per heavy atom. The number of nitrogens with two attached hydrogens (primary N) is 2. The number of amides is 2. The molecule has 0 aliphatic carbocycles. The molecule has 0 unspecified atom stereocenters. The van der Waals surface area contributed by atoms with Gasteiger partial charge in [0.05, 0.1) is 13.1 Å². The van der Waals surface area contributed by atoms with Crippen molar-refractivity contribution < 1.29 is 23.7 Å². The minimum absolute atomic E-state index is 0.120. The van der Waals surface area contributed by atoms with E-state index in [0.29, 0.717) is 0 Å². The van der Waals surface area contributed by atoms with E-state index in [1.165, 1.54) is 0 Å². The summed E-state index contributed by atoms with van der Waals surface area (Å²) in [5, 5.41) is 1.63. The van der Waals surface area contributed by atoms with Crippen LogP contribution in [-0.4, -0.2) is 52.0 Å². The van der Waals surface area contributed by atoms with Gasteiger partial charge in [0.15, 0.2) is 0 Å². The normalized spacial score (nSPS) is 29.1. The molecule has 2 rings (SSSR count). The summed E-state index contributed by atoms with van der Waals surface area (Å²) < 4.78 is 9.55. The number of β-lactam (4-membered cyclic amide) rings is 2. The van der Waals surface area contributed by atoms with Crippen molar-refractivity contribution >= 4 is 30.3 Å². The van der Waals surface area contributed by atoms with Gasteiger partial charge in [-0.1, -0.05) is 0 Å². The third kappa shape index (κ3) is 2.47. The molecule has 96 valence electrons. The van der Waals surface area contributed by atoms with E-state index in [-0.39, 0.29) is 13.1 Å². The smallest absolute Gasteiger partial charge is 0.322 e. The lowest BCUT2D eigenvalue weighted by molar-refractivity contribution is -0.198. The molecular formula is C6H11N4O5PS. The molecule has 2 fully saturated rings. The quantitative estimate of drug-likeness (QED) is 0.378. The summed E-state index contributed by atoms with van der Waals surface area (Å²) in [4.78, 5) is 31.8. The Bertz CT molecular complexity index is 385. The van der Waals surface area contributed by atoms with E-state index in [2.05, 4.69) is 11.8 Å². The largest absolute Gasteiger partial charge is 0.368 e. The fourth-order valence-electron chi connectivity index (χ4n) is 1.25. The summed E-state index contributed by atoms with van der Waals surface area (Å²) >= 11 is 4.63. The van der Waals surface area contributed by atoms with E-state index in [4.69, 9.17) is 20.7 Å². The third-order valence-electron chi connectivity index (χ3n) is 2.25. The molecule has 2 aliphatic rings. The van der Waals surface area contributed by atoms with Crippen molar-refractivity contribution in [1.82, 2.24) is 10.1 Å². The lowest BCUT2D eigenvalue weighted by atomic mass is 10.2. The molecule has 5 N–H and O–H groups in total. The van der Waals surface area contributed by atoms with Gasteiger partial charge in [-0.2, -0.15) is 9.25 Å². The molecule has 2 atom stereocenters. The van der Waals surface area contributed by atoms with E-state index < -0.39 is 30.6 Å². The summed E-state index contributed by atoms with van der Waals surface area (Å²) in [7, 11) is 0. The Kier molecular flexibility index (Phi) is 3.21. The van der Waals surface area contributed by atoms with Crippen LogP contribution in [0.4, 0.5) is 0 Å². The Morgan fingerprint density at radius 3 is 1.76 bits per heavy atom. The van der Waals surface area contributed by atoms with Crippen LogP contribution >= 0.6 is 6.72 Å². The minimum Gasteiger partial charge on any atom is -0.322 e. The van der Waals surface area contributed by atoms with E-state index in [0.717, 1.165) is 10.1 Å². The van der Waals surface area contributed by atoms with Crippen molar-refractivity contribution in [3.63, 3.8) is 0 Å². The zero-order valence-corrected chi connectivity index (χ0v) is 10.3. The fourth-order valence-corrected chi connectivity index (χ4v) is 2.55. The first kappa shape index (κ1) is 12.8. The molecule has 11 heteroatoms. The first-order chi connectivity index (χ1) is 7.80. The molecule has 0 aromatic heterocycles. The second kappa shape index (κ2) is 4.25. The zero-order chi connectivity index (χ0) is 12.8. The average Bonchev–Trinajstić information content (AvgIpc) is 2.27. The number of hydroxylamine groups is 4. The molecule has 0 saturated carbocycles. The van der Waals surface area contributed by atoms with Gasteiger partial charge < -0.3 is 16.4 Å². The topological polar surface area (TPSA) is 131 Å². The van der Waals surface area contributed by atoms with Crippen LogP contribution in [0.2, 0.25) is 0 Å². The number of hydrogen-bond donors (Lipinski definition) is 3. The maximum atomic E-state index is 11.1. The number of hydrogen-bond acceptors (Lipinski definition) is 7. The van der Waals surface area contributed by atoms with Crippen molar-refractivity contribution in [2.24, 2.45) is 11.5 Å². The first-order valence-electron chi connectivity index (χ1n) is 4.66. The molecule has 2 amide bonds. The molecule has 17 heavy (non-hydrogen) atoms. The number of carbonyl (C=O) groups excluding carboxylic acids is 2. The summed E-state index contributed by atoms with van der Waals surface area (Å²) in [5.74, 6) is -0.993. The molecule has 0 bridgehead atoms. The number of carbonyl (C=O) groups is 2. The second-order valence-corrected chi connectivity index (χ2v) is 6.29. The van der Waals surface area contributed by atoms with Gasteiger partial charge in [-0.25, -0.2) is 10.1 Å². The highest BCUT2D eigenvalue weighted by molar-refractivity contribution is 8.07. The molecule has 0 aromatic rings. The summed E-state index contributed by atoms with van der Waals surface area (Å²) in [6.07, 6.45) is 0. The maximum Gasteiger partial charge on any atom is 0.368 e. The lowest BCUT2D eigenvalue weighted by Gasteiger charge is -2.39. The molecule has 2 saturated heterocycles. The highest BCUT2D eigenvalue weighted by atomic mass is 32.5. The van der Waals surface area contributed by atoms with Crippen molar-refractivity contribution in [3.8, 4) is 0 Å². The molecule has 0 spiro atoms. The van der Waals surface area contributed by atoms with Gasteiger partial charge in [0, 0.05) is 0 Å². The van der Waals surface area contributed by atoms with Crippen LogP contribution in [0, 0.1) is 0 Å². The zero-order valence-electron chi connectivity index (χ0n) is 8.55. The molecule has 9 nitrogen and oxygen atoms in total. The Labute approximate surface area is 101 Å². The Hall–Kier alpha value is -0.610. The van der Waals surface area contributed by atoms with Crippen molar-refractivity contribution in [3.05, 3.63) is 0 Å².